The van der Waals surface area contributed by atoms with Gasteiger partial charge in [-0.15, -0.1) is 11.3 Å². The lowest BCUT2D eigenvalue weighted by atomic mass is 10.2. The second-order valence-electron chi connectivity index (χ2n) is 6.26. The highest BCUT2D eigenvalue weighted by Crippen LogP contribution is 2.24. The predicted molar refractivity (Wildman–Crippen MR) is 101 cm³/mol. The number of piperazine rings is 1. The number of benzene rings is 1. The van der Waals surface area contributed by atoms with Gasteiger partial charge in [0, 0.05) is 31.9 Å². The van der Waals surface area contributed by atoms with Crippen molar-refractivity contribution < 1.29 is 4.79 Å². The number of aromatic amines is 1. The van der Waals surface area contributed by atoms with Crippen molar-refractivity contribution in [2.24, 2.45) is 0 Å². The number of carbonyl (C=O) groups is 1. The van der Waals surface area contributed by atoms with E-state index in [0.29, 0.717) is 18.8 Å². The second-order valence-corrected chi connectivity index (χ2v) is 7.21. The highest BCUT2D eigenvalue weighted by Gasteiger charge is 2.24. The van der Waals surface area contributed by atoms with Crippen LogP contribution in [-0.2, 0) is 0 Å². The number of nitrogens with zero attached hydrogens (tertiary/aromatic N) is 3. The summed E-state index contributed by atoms with van der Waals surface area (Å²) in [6, 6.07) is 14.4. The van der Waals surface area contributed by atoms with E-state index in [9.17, 15) is 4.79 Å². The number of anilines is 1. The number of thiophene rings is 1. The van der Waals surface area contributed by atoms with E-state index < -0.39 is 0 Å². The Bertz CT molecular complexity index is 863. The maximum Gasteiger partial charge on any atom is 0.274 e. The highest BCUT2D eigenvalue weighted by atomic mass is 32.1. The smallest absolute Gasteiger partial charge is 0.274 e. The third kappa shape index (κ3) is 3.30. The number of rotatable bonds is 3. The standard InChI is InChI=1S/C19H20N4OS/c1-14-4-2-5-15(12-14)22-7-9-23(10-8-22)19(24)17-13-16(20-21-17)18-6-3-11-25-18/h2-6,11-13H,7-10H2,1H3,(H,20,21). The van der Waals surface area contributed by atoms with Gasteiger partial charge in [-0.2, -0.15) is 5.10 Å². The molecule has 0 unspecified atom stereocenters. The number of aryl methyl sites for hydroxylation is 1. The molecule has 1 aliphatic heterocycles. The fourth-order valence-electron chi connectivity index (χ4n) is 3.14. The van der Waals surface area contributed by atoms with Crippen molar-refractivity contribution in [2.75, 3.05) is 31.1 Å². The molecule has 0 spiro atoms. The van der Waals surface area contributed by atoms with E-state index in [1.54, 1.807) is 11.3 Å². The summed E-state index contributed by atoms with van der Waals surface area (Å²) in [5.41, 5.74) is 3.88. The molecule has 0 aliphatic carbocycles. The molecule has 1 amide bonds. The molecule has 1 aromatic carbocycles. The molecule has 128 valence electrons. The van der Waals surface area contributed by atoms with E-state index in [1.165, 1.54) is 11.3 Å². The minimum atomic E-state index is 0.00273. The summed E-state index contributed by atoms with van der Waals surface area (Å²) in [4.78, 5) is 18.0. The lowest BCUT2D eigenvalue weighted by Crippen LogP contribution is -2.48. The Balaban J connectivity index is 1.41. The minimum Gasteiger partial charge on any atom is -0.368 e. The first kappa shape index (κ1) is 15.9. The first-order chi connectivity index (χ1) is 12.2. The molecule has 0 atom stereocenters. The fourth-order valence-corrected chi connectivity index (χ4v) is 3.84. The van der Waals surface area contributed by atoms with Gasteiger partial charge in [-0.25, -0.2) is 0 Å². The van der Waals surface area contributed by atoms with Gasteiger partial charge in [0.25, 0.3) is 5.91 Å². The summed E-state index contributed by atoms with van der Waals surface area (Å²) in [6.45, 7) is 5.22. The van der Waals surface area contributed by atoms with Crippen molar-refractivity contribution >= 4 is 22.9 Å². The molecule has 0 radical (unpaired) electrons. The van der Waals surface area contributed by atoms with Gasteiger partial charge >= 0.3 is 0 Å². The number of hydrogen-bond acceptors (Lipinski definition) is 4. The Kier molecular flexibility index (Phi) is 4.28. The van der Waals surface area contributed by atoms with Gasteiger partial charge in [-0.1, -0.05) is 18.2 Å². The Labute approximate surface area is 150 Å². The van der Waals surface area contributed by atoms with E-state index in [4.69, 9.17) is 0 Å². The topological polar surface area (TPSA) is 52.2 Å². The molecule has 6 heteroatoms. The molecular formula is C19H20N4OS. The Morgan fingerprint density at radius 1 is 1.12 bits per heavy atom. The Morgan fingerprint density at radius 3 is 2.68 bits per heavy atom. The molecule has 1 aliphatic rings. The molecule has 1 fully saturated rings. The second kappa shape index (κ2) is 6.72. The highest BCUT2D eigenvalue weighted by molar-refractivity contribution is 7.13. The van der Waals surface area contributed by atoms with Crippen molar-refractivity contribution in [1.29, 1.82) is 0 Å². The quantitative estimate of drug-likeness (QED) is 0.786. The predicted octanol–water partition coefficient (Wildman–Crippen LogP) is 3.41. The number of aromatic nitrogens is 2. The maximum absolute atomic E-state index is 12.7. The lowest BCUT2D eigenvalue weighted by Gasteiger charge is -2.36. The molecule has 1 saturated heterocycles. The van der Waals surface area contributed by atoms with E-state index >= 15 is 0 Å². The summed E-state index contributed by atoms with van der Waals surface area (Å²) in [5, 5.41) is 9.20. The monoisotopic (exact) mass is 352 g/mol. The van der Waals surface area contributed by atoms with Crippen molar-refractivity contribution in [2.45, 2.75) is 6.92 Å². The average Bonchev–Trinajstić information content (AvgIpc) is 3.32. The first-order valence-electron chi connectivity index (χ1n) is 8.41. The van der Waals surface area contributed by atoms with Gasteiger partial charge in [0.1, 0.15) is 0 Å². The number of hydrogen-bond donors (Lipinski definition) is 1. The van der Waals surface area contributed by atoms with Crippen LogP contribution < -0.4 is 4.90 Å². The van der Waals surface area contributed by atoms with Gasteiger partial charge in [0.2, 0.25) is 0 Å². The first-order valence-corrected chi connectivity index (χ1v) is 9.29. The van der Waals surface area contributed by atoms with Crippen LogP contribution in [0.15, 0.2) is 47.8 Å². The van der Waals surface area contributed by atoms with Crippen molar-refractivity contribution in [3.8, 4) is 10.6 Å². The van der Waals surface area contributed by atoms with Crippen LogP contribution in [0.25, 0.3) is 10.6 Å². The van der Waals surface area contributed by atoms with Crippen LogP contribution >= 0.6 is 11.3 Å². The SMILES string of the molecule is Cc1cccc(N2CCN(C(=O)c3cc(-c4cccs4)[nH]n3)CC2)c1. The largest absolute Gasteiger partial charge is 0.368 e. The number of amides is 1. The van der Waals surface area contributed by atoms with Crippen LogP contribution in [-0.4, -0.2) is 47.2 Å². The summed E-state index contributed by atoms with van der Waals surface area (Å²) < 4.78 is 0. The van der Waals surface area contributed by atoms with Crippen LogP contribution in [0.1, 0.15) is 16.1 Å². The molecule has 1 N–H and O–H groups in total. The number of carbonyl (C=O) groups excluding carboxylic acids is 1. The van der Waals surface area contributed by atoms with E-state index in [-0.39, 0.29) is 5.91 Å². The van der Waals surface area contributed by atoms with E-state index in [2.05, 4.69) is 46.3 Å². The zero-order chi connectivity index (χ0) is 17.2. The molecule has 5 nitrogen and oxygen atoms in total. The van der Waals surface area contributed by atoms with E-state index in [1.807, 2.05) is 28.5 Å². The van der Waals surface area contributed by atoms with Gasteiger partial charge in [0.05, 0.1) is 10.6 Å². The van der Waals surface area contributed by atoms with Crippen LogP contribution in [0.5, 0.6) is 0 Å². The molecule has 3 aromatic rings. The Hall–Kier alpha value is -2.60. The number of nitrogens with one attached hydrogen (secondary N) is 1. The molecule has 0 saturated carbocycles. The fraction of sp³-hybridized carbons (Fsp3) is 0.263. The van der Waals surface area contributed by atoms with Crippen molar-refractivity contribution in [1.82, 2.24) is 15.1 Å². The van der Waals surface area contributed by atoms with Crippen LogP contribution in [0.4, 0.5) is 5.69 Å². The van der Waals surface area contributed by atoms with Gasteiger partial charge in [-0.3, -0.25) is 9.89 Å². The lowest BCUT2D eigenvalue weighted by molar-refractivity contribution is 0.0741. The van der Waals surface area contributed by atoms with Crippen LogP contribution in [0.3, 0.4) is 0 Å². The summed E-state index contributed by atoms with van der Waals surface area (Å²) in [7, 11) is 0. The third-order valence-electron chi connectivity index (χ3n) is 4.52. The van der Waals surface area contributed by atoms with Crippen molar-refractivity contribution in [3.63, 3.8) is 0 Å². The molecule has 4 rings (SSSR count). The zero-order valence-electron chi connectivity index (χ0n) is 14.1. The normalized spacial score (nSPS) is 14.8. The maximum atomic E-state index is 12.7. The number of H-pyrrole nitrogens is 1. The van der Waals surface area contributed by atoms with Crippen molar-refractivity contribution in [3.05, 3.63) is 59.1 Å². The minimum absolute atomic E-state index is 0.00273. The van der Waals surface area contributed by atoms with E-state index in [0.717, 1.165) is 23.7 Å². The average molecular weight is 352 g/mol. The summed E-state index contributed by atoms with van der Waals surface area (Å²) in [5.74, 6) is 0.00273. The van der Waals surface area contributed by atoms with Gasteiger partial charge < -0.3 is 9.80 Å². The Morgan fingerprint density at radius 2 is 1.96 bits per heavy atom. The van der Waals surface area contributed by atoms with Gasteiger partial charge in [-0.05, 0) is 42.1 Å². The van der Waals surface area contributed by atoms with Crippen LogP contribution in [0.2, 0.25) is 0 Å². The zero-order valence-corrected chi connectivity index (χ0v) is 14.9. The summed E-state index contributed by atoms with van der Waals surface area (Å²) in [6.07, 6.45) is 0. The van der Waals surface area contributed by atoms with Gasteiger partial charge in [0.15, 0.2) is 5.69 Å². The van der Waals surface area contributed by atoms with Crippen LogP contribution in [0, 0.1) is 6.92 Å². The molecule has 3 heterocycles. The molecular weight excluding hydrogens is 332 g/mol. The summed E-state index contributed by atoms with van der Waals surface area (Å²) >= 11 is 1.63. The third-order valence-corrected chi connectivity index (χ3v) is 5.42. The molecule has 2 aromatic heterocycles. The molecule has 0 bridgehead atoms. The molecule has 25 heavy (non-hydrogen) atoms.